The number of pyridine rings is 1. The number of ketones is 1. The number of H-pyrrole nitrogens is 1. The second-order valence-corrected chi connectivity index (χ2v) is 10.1. The van der Waals surface area contributed by atoms with E-state index in [-0.39, 0.29) is 5.78 Å². The third-order valence-corrected chi connectivity index (χ3v) is 7.90. The van der Waals surface area contributed by atoms with Crippen molar-refractivity contribution in [3.8, 4) is 0 Å². The van der Waals surface area contributed by atoms with Gasteiger partial charge < -0.3 is 4.90 Å². The number of hydrogen-bond acceptors (Lipinski definition) is 5. The van der Waals surface area contributed by atoms with Crippen molar-refractivity contribution in [3.63, 3.8) is 0 Å². The summed E-state index contributed by atoms with van der Waals surface area (Å²) in [6.45, 7) is 13.3. The lowest BCUT2D eigenvalue weighted by molar-refractivity contribution is 0.101. The van der Waals surface area contributed by atoms with Gasteiger partial charge in [0.25, 0.3) is 0 Å². The normalized spacial score (nSPS) is 24.8. The summed E-state index contributed by atoms with van der Waals surface area (Å²) in [4.78, 5) is 18.6. The van der Waals surface area contributed by atoms with Crippen LogP contribution in [-0.4, -0.2) is 43.8 Å². The molecule has 33 heavy (non-hydrogen) atoms. The van der Waals surface area contributed by atoms with E-state index in [4.69, 9.17) is 4.98 Å². The fourth-order valence-electron chi connectivity index (χ4n) is 5.43. The first kappa shape index (κ1) is 21.9. The highest BCUT2D eigenvalue weighted by atomic mass is 16.1. The molecule has 3 atom stereocenters. The average molecular weight is 447 g/mol. The van der Waals surface area contributed by atoms with Crippen LogP contribution in [0.15, 0.2) is 24.5 Å². The number of Topliss-reactive ketones (excluding diaryl/α,β-unsaturated/α-hetero) is 1. The summed E-state index contributed by atoms with van der Waals surface area (Å²) in [5.74, 6) is 4.48. The molecule has 0 aromatic carbocycles. The van der Waals surface area contributed by atoms with E-state index in [0.29, 0.717) is 18.0 Å². The lowest BCUT2D eigenvalue weighted by Gasteiger charge is -2.21. The average Bonchev–Trinajstić information content (AvgIpc) is 3.37. The van der Waals surface area contributed by atoms with Crippen LogP contribution in [0.1, 0.15) is 71.7 Å². The molecule has 1 saturated heterocycles. The van der Waals surface area contributed by atoms with E-state index in [0.717, 1.165) is 47.9 Å². The van der Waals surface area contributed by atoms with Crippen molar-refractivity contribution in [2.45, 2.75) is 59.9 Å². The topological polar surface area (TPSA) is 79.7 Å². The number of fused-ring (bicyclic) bond motifs is 2. The highest BCUT2D eigenvalue weighted by molar-refractivity contribution is 5.93. The second-order valence-electron chi connectivity index (χ2n) is 10.1. The predicted octanol–water partition coefficient (Wildman–Crippen LogP) is 4.31. The molecule has 1 aliphatic heterocycles. The van der Waals surface area contributed by atoms with Crippen molar-refractivity contribution < 1.29 is 4.79 Å². The zero-order chi connectivity index (χ0) is 23.3. The molecule has 0 bridgehead atoms. The zero-order valence-electron chi connectivity index (χ0n) is 20.3. The van der Waals surface area contributed by atoms with Crippen molar-refractivity contribution in [1.29, 1.82) is 0 Å². The van der Waals surface area contributed by atoms with Gasteiger partial charge >= 0.3 is 0 Å². The van der Waals surface area contributed by atoms with Crippen LogP contribution in [0.2, 0.25) is 0 Å². The Morgan fingerprint density at radius 2 is 1.94 bits per heavy atom. The summed E-state index contributed by atoms with van der Waals surface area (Å²) in [6.07, 6.45) is 5.92. The van der Waals surface area contributed by atoms with Gasteiger partial charge in [0.05, 0.1) is 24.0 Å². The molecule has 2 fully saturated rings. The summed E-state index contributed by atoms with van der Waals surface area (Å²) in [5.41, 5.74) is 6.86. The number of aryl methyl sites for hydroxylation is 2. The molecule has 1 N–H and O–H groups in total. The van der Waals surface area contributed by atoms with Crippen LogP contribution >= 0.6 is 0 Å². The molecule has 3 aliphatic rings. The van der Waals surface area contributed by atoms with Crippen molar-refractivity contribution in [3.05, 3.63) is 58.3 Å². The van der Waals surface area contributed by atoms with E-state index in [1.807, 2.05) is 6.92 Å². The number of carbonyl (C=O) groups excluding carboxylic acids is 1. The van der Waals surface area contributed by atoms with Gasteiger partial charge in [0.15, 0.2) is 5.78 Å². The fourth-order valence-corrected chi connectivity index (χ4v) is 5.43. The maximum atomic E-state index is 11.4. The first-order valence-electron chi connectivity index (χ1n) is 12.1. The minimum absolute atomic E-state index is 0.0447. The van der Waals surface area contributed by atoms with Crippen LogP contribution in [0, 0.1) is 31.6 Å². The van der Waals surface area contributed by atoms with Crippen molar-refractivity contribution in [2.75, 3.05) is 18.0 Å². The molecule has 7 nitrogen and oxygen atoms in total. The van der Waals surface area contributed by atoms with Gasteiger partial charge in [-0.2, -0.15) is 10.2 Å². The number of carbonyl (C=O) groups is 1. The molecule has 6 rings (SSSR count). The quantitative estimate of drug-likeness (QED) is 0.604. The fraction of sp³-hybridized carbons (Fsp3) is 0.538. The molecule has 0 amide bonds. The monoisotopic (exact) mass is 446 g/mol. The minimum Gasteiger partial charge on any atom is -0.356 e. The van der Waals surface area contributed by atoms with Gasteiger partial charge in [0.2, 0.25) is 0 Å². The van der Waals surface area contributed by atoms with E-state index in [9.17, 15) is 4.79 Å². The number of aromatic amines is 1. The van der Waals surface area contributed by atoms with E-state index in [2.05, 4.69) is 53.1 Å². The number of rotatable bonds is 4. The second kappa shape index (κ2) is 8.43. The number of nitrogens with one attached hydrogen (secondary N) is 1. The van der Waals surface area contributed by atoms with Crippen LogP contribution in [0.25, 0.3) is 0 Å². The van der Waals surface area contributed by atoms with Gasteiger partial charge in [-0.1, -0.05) is 19.9 Å². The van der Waals surface area contributed by atoms with Gasteiger partial charge in [-0.15, -0.1) is 0 Å². The third-order valence-electron chi connectivity index (χ3n) is 7.90. The van der Waals surface area contributed by atoms with Crippen LogP contribution in [0.5, 0.6) is 0 Å². The van der Waals surface area contributed by atoms with E-state index in [1.165, 1.54) is 29.8 Å². The smallest absolute Gasteiger partial charge is 0.162 e. The molecule has 3 unspecified atom stereocenters. The first-order valence-corrected chi connectivity index (χ1v) is 12.1. The van der Waals surface area contributed by atoms with E-state index < -0.39 is 0 Å². The zero-order valence-corrected chi connectivity index (χ0v) is 20.3. The molecule has 7 heteroatoms. The molecular formula is C26H34N6O. The SMILES string of the molecule is CC(=O)c1cnn(Cc2ccc(N3CC4C(C)C4C3)nc2C)c1.Cc1[nH]nc2c1CCC2C. The molecule has 3 aromatic rings. The van der Waals surface area contributed by atoms with Crippen molar-refractivity contribution >= 4 is 11.6 Å². The van der Waals surface area contributed by atoms with E-state index >= 15 is 0 Å². The Hall–Kier alpha value is -2.96. The summed E-state index contributed by atoms with van der Waals surface area (Å²) in [6, 6.07) is 4.26. The number of hydrogen-bond donors (Lipinski definition) is 1. The molecule has 3 aromatic heterocycles. The highest BCUT2D eigenvalue weighted by Crippen LogP contribution is 2.51. The molecule has 0 radical (unpaired) electrons. The van der Waals surface area contributed by atoms with Crippen LogP contribution < -0.4 is 4.90 Å². The maximum Gasteiger partial charge on any atom is 0.162 e. The summed E-state index contributed by atoms with van der Waals surface area (Å²) >= 11 is 0. The largest absolute Gasteiger partial charge is 0.356 e. The number of nitrogens with zero attached hydrogens (tertiary/aromatic N) is 5. The standard InChI is InChI=1S/C18H22N4O.C8H12N2/c1-11-16-9-21(10-17(11)16)18-5-4-14(12(2)20-18)7-22-8-15(6-19-22)13(3)23;1-5-3-4-7-6(2)9-10-8(5)7/h4-6,8,11,16-17H,7,9-10H2,1-3H3;5H,3-4H2,1-2H3,(H,9,10). The van der Waals surface area contributed by atoms with E-state index in [1.54, 1.807) is 24.0 Å². The predicted molar refractivity (Wildman–Crippen MR) is 129 cm³/mol. The Morgan fingerprint density at radius 3 is 2.58 bits per heavy atom. The molecule has 0 spiro atoms. The van der Waals surface area contributed by atoms with Crippen LogP contribution in [0.3, 0.4) is 0 Å². The van der Waals surface area contributed by atoms with Crippen molar-refractivity contribution in [1.82, 2.24) is 25.0 Å². The van der Waals surface area contributed by atoms with Gasteiger partial charge in [0.1, 0.15) is 5.82 Å². The third kappa shape index (κ3) is 4.21. The summed E-state index contributed by atoms with van der Waals surface area (Å²) in [7, 11) is 0. The Morgan fingerprint density at radius 1 is 1.18 bits per heavy atom. The van der Waals surface area contributed by atoms with Gasteiger partial charge in [-0.3, -0.25) is 14.6 Å². The number of aromatic nitrogens is 5. The number of anilines is 1. The summed E-state index contributed by atoms with van der Waals surface area (Å²) in [5, 5.41) is 11.5. The van der Waals surface area contributed by atoms with Gasteiger partial charge in [-0.25, -0.2) is 4.98 Å². The summed E-state index contributed by atoms with van der Waals surface area (Å²) < 4.78 is 1.80. The maximum absolute atomic E-state index is 11.4. The highest BCUT2D eigenvalue weighted by Gasteiger charge is 2.52. The molecule has 1 saturated carbocycles. The Kier molecular flexibility index (Phi) is 5.59. The molecular weight excluding hydrogens is 412 g/mol. The Balaban J connectivity index is 0.000000190. The lowest BCUT2D eigenvalue weighted by Crippen LogP contribution is -2.24. The van der Waals surface area contributed by atoms with Crippen molar-refractivity contribution in [2.24, 2.45) is 17.8 Å². The van der Waals surface area contributed by atoms with Crippen LogP contribution in [0.4, 0.5) is 5.82 Å². The molecule has 4 heterocycles. The number of piperidine rings is 1. The lowest BCUT2D eigenvalue weighted by atomic mass is 10.1. The minimum atomic E-state index is 0.0447. The van der Waals surface area contributed by atoms with Gasteiger partial charge in [-0.05, 0) is 68.6 Å². The first-order chi connectivity index (χ1) is 15.8. The molecule has 174 valence electrons. The van der Waals surface area contributed by atoms with Crippen LogP contribution in [-0.2, 0) is 13.0 Å². The Bertz CT molecular complexity index is 1170. The van der Waals surface area contributed by atoms with Gasteiger partial charge in [0, 0.05) is 36.6 Å². The Labute approximate surface area is 195 Å². The molecule has 2 aliphatic carbocycles.